The topological polar surface area (TPSA) is 9.23 Å². The number of methoxy groups -OCH3 is 1. The lowest BCUT2D eigenvalue weighted by molar-refractivity contribution is 0.298. The number of hydrogen-bond donors (Lipinski definition) is 0. The molecule has 9 heavy (non-hydrogen) atoms. The smallest absolute Gasteiger partial charge is 0.117 e. The maximum absolute atomic E-state index is 5.08. The van der Waals surface area contributed by atoms with Gasteiger partial charge >= 0.3 is 0 Å². The van der Waals surface area contributed by atoms with Gasteiger partial charge in [-0.25, -0.2) is 0 Å². The molecule has 1 radical (unpaired) electrons. The molecule has 0 fully saturated rings. The molecule has 0 aromatic carbocycles. The Balaban J connectivity index is 2.68. The molecule has 0 aromatic rings. The van der Waals surface area contributed by atoms with Gasteiger partial charge in [-0.3, -0.25) is 0 Å². The van der Waals surface area contributed by atoms with Crippen LogP contribution in [-0.2, 0) is 4.74 Å². The molecular weight excluding hydrogens is 112 g/mol. The number of rotatable bonds is 1. The van der Waals surface area contributed by atoms with Crippen molar-refractivity contribution < 1.29 is 4.74 Å². The number of ether oxygens (including phenoxy) is 1. The normalized spacial score (nSPS) is 18.4. The van der Waals surface area contributed by atoms with Gasteiger partial charge < -0.3 is 4.74 Å². The molecule has 1 aliphatic carbocycles. The van der Waals surface area contributed by atoms with Crippen molar-refractivity contribution in [3.8, 4) is 0 Å². The maximum Gasteiger partial charge on any atom is 0.117 e. The molecule has 0 unspecified atom stereocenters. The van der Waals surface area contributed by atoms with Crippen molar-refractivity contribution in [3.63, 3.8) is 0 Å². The summed E-state index contributed by atoms with van der Waals surface area (Å²) in [5, 5.41) is 0. The van der Waals surface area contributed by atoms with E-state index < -0.39 is 0 Å². The van der Waals surface area contributed by atoms with E-state index in [1.54, 1.807) is 7.11 Å². The van der Waals surface area contributed by atoms with E-state index in [1.807, 2.05) is 6.92 Å². The van der Waals surface area contributed by atoms with Crippen LogP contribution in [0.4, 0.5) is 0 Å². The van der Waals surface area contributed by atoms with Crippen molar-refractivity contribution in [2.75, 3.05) is 7.11 Å². The molecule has 0 heterocycles. The molecule has 1 nitrogen and oxygen atoms in total. The van der Waals surface area contributed by atoms with Crippen LogP contribution in [0.2, 0.25) is 0 Å². The molecule has 0 aliphatic heterocycles. The zero-order chi connectivity index (χ0) is 6.69. The monoisotopic (exact) mass is 123 g/mol. The zero-order valence-electron chi connectivity index (χ0n) is 5.85. The highest BCUT2D eigenvalue weighted by Gasteiger charge is 2.01. The van der Waals surface area contributed by atoms with E-state index in [2.05, 4.69) is 18.6 Å². The first-order chi connectivity index (χ1) is 4.34. The summed E-state index contributed by atoms with van der Waals surface area (Å²) in [4.78, 5) is 0. The minimum atomic E-state index is 1.00. The first-order valence-electron chi connectivity index (χ1n) is 3.09. The first-order valence-corrected chi connectivity index (χ1v) is 3.09. The molecule has 0 bridgehead atoms. The Kier molecular flexibility index (Phi) is 1.93. The molecule has 0 amide bonds. The van der Waals surface area contributed by atoms with Crippen LogP contribution in [-0.4, -0.2) is 7.11 Å². The van der Waals surface area contributed by atoms with E-state index in [0.717, 1.165) is 12.2 Å². The molecule has 0 saturated carbocycles. The van der Waals surface area contributed by atoms with Crippen molar-refractivity contribution in [1.29, 1.82) is 0 Å². The van der Waals surface area contributed by atoms with Gasteiger partial charge in [0.25, 0.3) is 0 Å². The molecule has 0 aromatic heterocycles. The summed E-state index contributed by atoms with van der Waals surface area (Å²) >= 11 is 0. The lowest BCUT2D eigenvalue weighted by atomic mass is 10.1. The van der Waals surface area contributed by atoms with Crippen molar-refractivity contribution in [1.82, 2.24) is 0 Å². The number of hydrogen-bond acceptors (Lipinski definition) is 1. The Bertz CT molecular complexity index is 154. The van der Waals surface area contributed by atoms with Gasteiger partial charge in [-0.2, -0.15) is 0 Å². The highest BCUT2D eigenvalue weighted by molar-refractivity contribution is 5.30. The average molecular weight is 123 g/mol. The van der Waals surface area contributed by atoms with Crippen LogP contribution in [0.3, 0.4) is 0 Å². The lowest BCUT2D eigenvalue weighted by Gasteiger charge is -2.09. The summed E-state index contributed by atoms with van der Waals surface area (Å²) in [5.74, 6) is 1.01. The van der Waals surface area contributed by atoms with Crippen LogP contribution in [0.15, 0.2) is 23.5 Å². The lowest BCUT2D eigenvalue weighted by Crippen LogP contribution is -1.93. The van der Waals surface area contributed by atoms with E-state index in [1.165, 1.54) is 5.57 Å². The van der Waals surface area contributed by atoms with Crippen LogP contribution in [0.25, 0.3) is 0 Å². The van der Waals surface area contributed by atoms with Gasteiger partial charge in [-0.15, -0.1) is 0 Å². The standard InChI is InChI=1S/C8H11O/c1-7-5-3-4-6-8(7)9-2/h3,5-6H,4H2,1-2H3. The molecule has 0 N–H and O–H groups in total. The summed E-state index contributed by atoms with van der Waals surface area (Å²) in [6.45, 7) is 2.05. The quantitative estimate of drug-likeness (QED) is 0.518. The van der Waals surface area contributed by atoms with Crippen LogP contribution < -0.4 is 0 Å². The molecule has 0 spiro atoms. The first kappa shape index (κ1) is 6.40. The minimum Gasteiger partial charge on any atom is -0.497 e. The van der Waals surface area contributed by atoms with Gasteiger partial charge in [0, 0.05) is 0 Å². The number of allylic oxidation sites excluding steroid dienone is 3. The van der Waals surface area contributed by atoms with Gasteiger partial charge in [0.15, 0.2) is 0 Å². The van der Waals surface area contributed by atoms with E-state index in [9.17, 15) is 0 Å². The Hall–Kier alpha value is -0.720. The minimum absolute atomic E-state index is 1.00. The molecule has 0 saturated heterocycles. The molecule has 1 aliphatic rings. The summed E-state index contributed by atoms with van der Waals surface area (Å²) in [6, 6.07) is 0. The van der Waals surface area contributed by atoms with Crippen molar-refractivity contribution in [2.45, 2.75) is 13.3 Å². The Morgan fingerprint density at radius 3 is 2.78 bits per heavy atom. The third kappa shape index (κ3) is 1.35. The highest BCUT2D eigenvalue weighted by Crippen LogP contribution is 2.16. The van der Waals surface area contributed by atoms with Crippen molar-refractivity contribution >= 4 is 0 Å². The van der Waals surface area contributed by atoms with Crippen molar-refractivity contribution in [3.05, 3.63) is 29.9 Å². The SMILES string of the molecule is COC1=CC[CH]C=C1C. The third-order valence-corrected chi connectivity index (χ3v) is 1.42. The van der Waals surface area contributed by atoms with Crippen LogP contribution in [0.5, 0.6) is 0 Å². The maximum atomic E-state index is 5.08. The second kappa shape index (κ2) is 2.72. The highest BCUT2D eigenvalue weighted by atomic mass is 16.5. The predicted molar refractivity (Wildman–Crippen MR) is 37.8 cm³/mol. The van der Waals surface area contributed by atoms with Gasteiger partial charge in [-0.05, 0) is 31.4 Å². The fourth-order valence-corrected chi connectivity index (χ4v) is 0.907. The Morgan fingerprint density at radius 1 is 1.56 bits per heavy atom. The largest absolute Gasteiger partial charge is 0.497 e. The van der Waals surface area contributed by atoms with Gasteiger partial charge in [0.05, 0.1) is 7.11 Å². The summed E-state index contributed by atoms with van der Waals surface area (Å²) in [5.41, 5.74) is 1.21. The molecule has 1 heteroatoms. The van der Waals surface area contributed by atoms with E-state index in [-0.39, 0.29) is 0 Å². The fourth-order valence-electron chi connectivity index (χ4n) is 0.907. The Morgan fingerprint density at radius 2 is 2.33 bits per heavy atom. The molecule has 49 valence electrons. The van der Waals surface area contributed by atoms with Crippen molar-refractivity contribution in [2.24, 2.45) is 0 Å². The zero-order valence-corrected chi connectivity index (χ0v) is 5.85. The van der Waals surface area contributed by atoms with Crippen LogP contribution in [0, 0.1) is 6.42 Å². The van der Waals surface area contributed by atoms with Gasteiger partial charge in [-0.1, -0.05) is 6.08 Å². The summed E-state index contributed by atoms with van der Waals surface area (Å²) in [7, 11) is 1.70. The third-order valence-electron chi connectivity index (χ3n) is 1.42. The van der Waals surface area contributed by atoms with Gasteiger partial charge in [0.1, 0.15) is 5.76 Å². The second-order valence-corrected chi connectivity index (χ2v) is 2.09. The van der Waals surface area contributed by atoms with E-state index in [4.69, 9.17) is 4.74 Å². The molecule has 1 rings (SSSR count). The van der Waals surface area contributed by atoms with E-state index >= 15 is 0 Å². The van der Waals surface area contributed by atoms with Crippen LogP contribution in [0.1, 0.15) is 13.3 Å². The van der Waals surface area contributed by atoms with Crippen LogP contribution >= 0.6 is 0 Å². The molecule has 0 atom stereocenters. The summed E-state index contributed by atoms with van der Waals surface area (Å²) < 4.78 is 5.08. The fraction of sp³-hybridized carbons (Fsp3) is 0.375. The predicted octanol–water partition coefficient (Wildman–Crippen LogP) is 2.07. The van der Waals surface area contributed by atoms with E-state index in [0.29, 0.717) is 0 Å². The van der Waals surface area contributed by atoms with Gasteiger partial charge in [0.2, 0.25) is 0 Å². The Labute approximate surface area is 56.0 Å². The average Bonchev–Trinajstić information content (AvgIpc) is 1.89. The summed E-state index contributed by atoms with van der Waals surface area (Å²) in [6.07, 6.45) is 7.28. The molecular formula is C8H11O. The second-order valence-electron chi connectivity index (χ2n) is 2.09.